The molecule has 0 aliphatic rings. The molecule has 0 saturated heterocycles. The van der Waals surface area contributed by atoms with Gasteiger partial charge in [0.2, 0.25) is 5.28 Å². The van der Waals surface area contributed by atoms with Crippen LogP contribution < -0.4 is 5.32 Å². The summed E-state index contributed by atoms with van der Waals surface area (Å²) in [5.74, 6) is -0.977. The maximum absolute atomic E-state index is 13.6. The van der Waals surface area contributed by atoms with Gasteiger partial charge in [-0.15, -0.1) is 0 Å². The highest BCUT2D eigenvalue weighted by atomic mass is 35.5. The predicted octanol–water partition coefficient (Wildman–Crippen LogP) is 2.19. The zero-order valence-corrected chi connectivity index (χ0v) is 10.9. The number of halogens is 2. The molecule has 5 nitrogen and oxygen atoms in total. The molecule has 0 atom stereocenters. The van der Waals surface area contributed by atoms with Crippen molar-refractivity contribution < 1.29 is 9.18 Å². The van der Waals surface area contributed by atoms with Crippen LogP contribution in [0.2, 0.25) is 5.28 Å². The topological polar surface area (TPSA) is 78.7 Å². The summed E-state index contributed by atoms with van der Waals surface area (Å²) in [7, 11) is 0. The molecule has 100 valence electrons. The van der Waals surface area contributed by atoms with Gasteiger partial charge in [0, 0.05) is 11.1 Å². The second-order valence-electron chi connectivity index (χ2n) is 3.75. The van der Waals surface area contributed by atoms with E-state index in [2.05, 4.69) is 15.3 Å². The summed E-state index contributed by atoms with van der Waals surface area (Å²) < 4.78 is 13.6. The number of aromatic nitrogens is 2. The van der Waals surface area contributed by atoms with E-state index in [0.717, 1.165) is 6.20 Å². The van der Waals surface area contributed by atoms with Crippen molar-refractivity contribution in [3.8, 4) is 17.3 Å². The molecule has 0 radical (unpaired) electrons. The smallest absolute Gasteiger partial charge is 0.252 e. The standard InChI is InChI=1S/C13H8ClFN4O/c14-13-18-7-10(15)11(19-13)8-1-3-9(4-2-8)12(20)17-6-5-16/h1-4,7H,6H2,(H,17,20). The Balaban J connectivity index is 2.26. The average molecular weight is 291 g/mol. The Hall–Kier alpha value is -2.52. The number of hydrogen-bond donors (Lipinski definition) is 1. The molecule has 0 unspecified atom stereocenters. The van der Waals surface area contributed by atoms with Crippen molar-refractivity contribution in [3.05, 3.63) is 47.1 Å². The number of nitrogens with one attached hydrogen (secondary N) is 1. The van der Waals surface area contributed by atoms with Gasteiger partial charge in [0.1, 0.15) is 12.2 Å². The van der Waals surface area contributed by atoms with Gasteiger partial charge in [0.25, 0.3) is 5.91 Å². The number of nitriles is 1. The monoisotopic (exact) mass is 290 g/mol. The van der Waals surface area contributed by atoms with Crippen molar-refractivity contribution in [1.82, 2.24) is 15.3 Å². The first-order chi connectivity index (χ1) is 9.61. The molecule has 0 bridgehead atoms. The van der Waals surface area contributed by atoms with Gasteiger partial charge in [-0.05, 0) is 23.7 Å². The second kappa shape index (κ2) is 6.08. The zero-order chi connectivity index (χ0) is 14.5. The normalized spacial score (nSPS) is 9.85. The van der Waals surface area contributed by atoms with Crippen LogP contribution >= 0.6 is 11.6 Å². The molecule has 0 aliphatic heterocycles. The Morgan fingerprint density at radius 2 is 2.10 bits per heavy atom. The van der Waals surface area contributed by atoms with E-state index in [1.807, 2.05) is 0 Å². The van der Waals surface area contributed by atoms with Gasteiger partial charge >= 0.3 is 0 Å². The van der Waals surface area contributed by atoms with Crippen LogP contribution in [0, 0.1) is 17.1 Å². The Morgan fingerprint density at radius 3 is 2.75 bits per heavy atom. The quantitative estimate of drug-likeness (QED) is 0.694. The lowest BCUT2D eigenvalue weighted by Crippen LogP contribution is -2.23. The number of carbonyl (C=O) groups excluding carboxylic acids is 1. The van der Waals surface area contributed by atoms with Crippen LogP contribution in [0.4, 0.5) is 4.39 Å². The zero-order valence-electron chi connectivity index (χ0n) is 10.1. The largest absolute Gasteiger partial charge is 0.339 e. The number of carbonyl (C=O) groups is 1. The fourth-order valence-corrected chi connectivity index (χ4v) is 1.68. The van der Waals surface area contributed by atoms with Crippen molar-refractivity contribution in [2.45, 2.75) is 0 Å². The van der Waals surface area contributed by atoms with Gasteiger partial charge in [-0.2, -0.15) is 5.26 Å². The molecule has 1 aromatic carbocycles. The lowest BCUT2D eigenvalue weighted by molar-refractivity contribution is 0.0958. The van der Waals surface area contributed by atoms with Crippen molar-refractivity contribution in [2.75, 3.05) is 6.54 Å². The van der Waals surface area contributed by atoms with Crippen molar-refractivity contribution in [2.24, 2.45) is 0 Å². The summed E-state index contributed by atoms with van der Waals surface area (Å²) in [4.78, 5) is 18.9. The first-order valence-electron chi connectivity index (χ1n) is 5.55. The molecule has 2 aromatic rings. The predicted molar refractivity (Wildman–Crippen MR) is 70.4 cm³/mol. The molecule has 20 heavy (non-hydrogen) atoms. The third kappa shape index (κ3) is 3.08. The molecular weight excluding hydrogens is 283 g/mol. The number of amides is 1. The van der Waals surface area contributed by atoms with Gasteiger partial charge < -0.3 is 5.32 Å². The van der Waals surface area contributed by atoms with Crippen LogP contribution in [0.5, 0.6) is 0 Å². The summed E-state index contributed by atoms with van der Waals surface area (Å²) in [6.07, 6.45) is 0.984. The molecular formula is C13H8ClFN4O. The SMILES string of the molecule is N#CCNC(=O)c1ccc(-c2nc(Cl)ncc2F)cc1. The van der Waals surface area contributed by atoms with E-state index in [-0.39, 0.29) is 23.4 Å². The van der Waals surface area contributed by atoms with E-state index in [4.69, 9.17) is 16.9 Å². The van der Waals surface area contributed by atoms with Gasteiger partial charge in [0.05, 0.1) is 12.3 Å². The van der Waals surface area contributed by atoms with Crippen LogP contribution in [0.25, 0.3) is 11.3 Å². The third-order valence-corrected chi connectivity index (χ3v) is 2.65. The van der Waals surface area contributed by atoms with E-state index in [1.165, 1.54) is 12.1 Å². The van der Waals surface area contributed by atoms with Crippen molar-refractivity contribution in [3.63, 3.8) is 0 Å². The lowest BCUT2D eigenvalue weighted by Gasteiger charge is -2.04. The van der Waals surface area contributed by atoms with E-state index in [9.17, 15) is 9.18 Å². The first-order valence-corrected chi connectivity index (χ1v) is 5.93. The highest BCUT2D eigenvalue weighted by Gasteiger charge is 2.10. The lowest BCUT2D eigenvalue weighted by atomic mass is 10.1. The minimum absolute atomic E-state index is 0.0581. The maximum atomic E-state index is 13.6. The van der Waals surface area contributed by atoms with E-state index < -0.39 is 5.82 Å². The number of nitrogens with zero attached hydrogens (tertiary/aromatic N) is 3. The Bertz CT molecular complexity index is 682. The summed E-state index contributed by atoms with van der Waals surface area (Å²) in [6, 6.07) is 7.92. The molecule has 0 spiro atoms. The molecule has 0 saturated carbocycles. The molecule has 1 N–H and O–H groups in total. The first kappa shape index (κ1) is 13.9. The molecule has 2 rings (SSSR count). The average Bonchev–Trinajstić information content (AvgIpc) is 2.47. The highest BCUT2D eigenvalue weighted by Crippen LogP contribution is 2.21. The minimum Gasteiger partial charge on any atom is -0.339 e. The van der Waals surface area contributed by atoms with Crippen molar-refractivity contribution >= 4 is 17.5 Å². The van der Waals surface area contributed by atoms with Gasteiger partial charge in [-0.1, -0.05) is 12.1 Å². The fraction of sp³-hybridized carbons (Fsp3) is 0.0769. The molecule has 0 fully saturated rings. The van der Waals surface area contributed by atoms with E-state index in [0.29, 0.717) is 11.1 Å². The van der Waals surface area contributed by atoms with Crippen LogP contribution in [0.3, 0.4) is 0 Å². The molecule has 1 aromatic heterocycles. The Kier molecular flexibility index (Phi) is 4.23. The van der Waals surface area contributed by atoms with E-state index in [1.54, 1.807) is 18.2 Å². The van der Waals surface area contributed by atoms with E-state index >= 15 is 0 Å². The van der Waals surface area contributed by atoms with Crippen LogP contribution in [0.1, 0.15) is 10.4 Å². The van der Waals surface area contributed by atoms with Crippen LogP contribution in [-0.2, 0) is 0 Å². The maximum Gasteiger partial charge on any atom is 0.252 e. The second-order valence-corrected chi connectivity index (χ2v) is 4.09. The van der Waals surface area contributed by atoms with Crippen LogP contribution in [0.15, 0.2) is 30.5 Å². The highest BCUT2D eigenvalue weighted by molar-refractivity contribution is 6.28. The van der Waals surface area contributed by atoms with Gasteiger partial charge in [-0.3, -0.25) is 4.79 Å². The Labute approximate surface area is 119 Å². The fourth-order valence-electron chi connectivity index (χ4n) is 1.55. The number of hydrogen-bond acceptors (Lipinski definition) is 4. The molecule has 1 heterocycles. The van der Waals surface area contributed by atoms with Crippen LogP contribution in [-0.4, -0.2) is 22.4 Å². The van der Waals surface area contributed by atoms with Crippen molar-refractivity contribution in [1.29, 1.82) is 5.26 Å². The third-order valence-electron chi connectivity index (χ3n) is 2.46. The van der Waals surface area contributed by atoms with Gasteiger partial charge in [0.15, 0.2) is 5.82 Å². The molecule has 7 heteroatoms. The van der Waals surface area contributed by atoms with Gasteiger partial charge in [-0.25, -0.2) is 14.4 Å². The summed E-state index contributed by atoms with van der Waals surface area (Å²) >= 11 is 5.62. The minimum atomic E-state index is -0.601. The Morgan fingerprint density at radius 1 is 1.40 bits per heavy atom. The molecule has 0 aliphatic carbocycles. The summed E-state index contributed by atoms with van der Waals surface area (Å²) in [6.45, 7) is -0.0727. The summed E-state index contributed by atoms with van der Waals surface area (Å²) in [5, 5.41) is 10.7. The number of rotatable bonds is 3. The molecule has 1 amide bonds. The number of benzene rings is 1. The summed E-state index contributed by atoms with van der Waals surface area (Å²) in [5.41, 5.74) is 0.905.